The zero-order chi connectivity index (χ0) is 14.8. The fourth-order valence-corrected chi connectivity index (χ4v) is 2.39. The van der Waals surface area contributed by atoms with Gasteiger partial charge in [0.2, 0.25) is 0 Å². The van der Waals surface area contributed by atoms with Gasteiger partial charge in [-0.15, -0.1) is 0 Å². The lowest BCUT2D eigenvalue weighted by Gasteiger charge is -2.12. The van der Waals surface area contributed by atoms with Crippen LogP contribution in [0.3, 0.4) is 0 Å². The Labute approximate surface area is 122 Å². The van der Waals surface area contributed by atoms with Gasteiger partial charge in [-0.1, -0.05) is 25.1 Å². The predicted molar refractivity (Wildman–Crippen MR) is 82.5 cm³/mol. The van der Waals surface area contributed by atoms with E-state index in [-0.39, 0.29) is 5.91 Å². The van der Waals surface area contributed by atoms with E-state index < -0.39 is 0 Å². The van der Waals surface area contributed by atoms with Crippen LogP contribution in [0.4, 0.5) is 5.69 Å². The highest BCUT2D eigenvalue weighted by atomic mass is 16.3. The largest absolute Gasteiger partial charge is 0.443 e. The average molecular weight is 280 g/mol. The Kier molecular flexibility index (Phi) is 3.44. The first-order valence-electron chi connectivity index (χ1n) is 6.92. The summed E-state index contributed by atoms with van der Waals surface area (Å²) in [5, 5.41) is 3.01. The topological polar surface area (TPSA) is 55.1 Å². The number of aryl methyl sites for hydroxylation is 2. The van der Waals surface area contributed by atoms with Gasteiger partial charge in [0, 0.05) is 11.3 Å². The Hall–Kier alpha value is -2.62. The van der Waals surface area contributed by atoms with E-state index in [9.17, 15) is 4.79 Å². The monoisotopic (exact) mass is 280 g/mol. The number of hydrogen-bond donors (Lipinski definition) is 1. The summed E-state index contributed by atoms with van der Waals surface area (Å²) >= 11 is 0. The highest BCUT2D eigenvalue weighted by Crippen LogP contribution is 2.22. The van der Waals surface area contributed by atoms with Gasteiger partial charge in [0.1, 0.15) is 5.52 Å². The number of rotatable bonds is 3. The molecule has 0 aliphatic carbocycles. The number of nitrogens with zero attached hydrogens (tertiary/aromatic N) is 1. The SMILES string of the molecule is CCc1cccc(C)c1NC(=O)c1ccc2ocnc2c1. The third kappa shape index (κ3) is 2.52. The minimum absolute atomic E-state index is 0.135. The number of fused-ring (bicyclic) bond motifs is 1. The Morgan fingerprint density at radius 3 is 2.95 bits per heavy atom. The van der Waals surface area contributed by atoms with E-state index in [2.05, 4.69) is 17.2 Å². The van der Waals surface area contributed by atoms with Gasteiger partial charge in [-0.3, -0.25) is 4.79 Å². The van der Waals surface area contributed by atoms with Crippen LogP contribution in [0.2, 0.25) is 0 Å². The summed E-state index contributed by atoms with van der Waals surface area (Å²) in [6, 6.07) is 11.3. The second kappa shape index (κ2) is 5.40. The molecule has 0 bridgehead atoms. The molecule has 1 amide bonds. The second-order valence-electron chi connectivity index (χ2n) is 4.95. The van der Waals surface area contributed by atoms with E-state index in [0.717, 1.165) is 23.2 Å². The van der Waals surface area contributed by atoms with Crippen LogP contribution < -0.4 is 5.32 Å². The van der Waals surface area contributed by atoms with Crippen LogP contribution in [-0.4, -0.2) is 10.9 Å². The van der Waals surface area contributed by atoms with Crippen molar-refractivity contribution in [3.05, 3.63) is 59.5 Å². The molecule has 0 atom stereocenters. The molecule has 0 fully saturated rings. The fourth-order valence-electron chi connectivity index (χ4n) is 2.39. The summed E-state index contributed by atoms with van der Waals surface area (Å²) in [4.78, 5) is 16.5. The number of carbonyl (C=O) groups excluding carboxylic acids is 1. The highest BCUT2D eigenvalue weighted by Gasteiger charge is 2.12. The Morgan fingerprint density at radius 2 is 2.14 bits per heavy atom. The molecule has 0 saturated carbocycles. The van der Waals surface area contributed by atoms with Gasteiger partial charge in [0.15, 0.2) is 12.0 Å². The lowest BCUT2D eigenvalue weighted by Crippen LogP contribution is -2.14. The quantitative estimate of drug-likeness (QED) is 0.790. The van der Waals surface area contributed by atoms with Crippen LogP contribution in [0.15, 0.2) is 47.2 Å². The Morgan fingerprint density at radius 1 is 1.29 bits per heavy atom. The van der Waals surface area contributed by atoms with E-state index in [1.807, 2.05) is 25.1 Å². The fraction of sp³-hybridized carbons (Fsp3) is 0.176. The standard InChI is InChI=1S/C17H16N2O2/c1-3-12-6-4-5-11(2)16(12)19-17(20)13-7-8-15-14(9-13)18-10-21-15/h4-10H,3H2,1-2H3,(H,19,20). The predicted octanol–water partition coefficient (Wildman–Crippen LogP) is 3.95. The Balaban J connectivity index is 1.92. The molecule has 1 aromatic heterocycles. The van der Waals surface area contributed by atoms with Gasteiger partial charge in [0.25, 0.3) is 5.91 Å². The van der Waals surface area contributed by atoms with Crippen molar-refractivity contribution in [2.45, 2.75) is 20.3 Å². The molecule has 0 saturated heterocycles. The number of aromatic nitrogens is 1. The van der Waals surface area contributed by atoms with Gasteiger partial charge in [-0.05, 0) is 42.7 Å². The van der Waals surface area contributed by atoms with E-state index in [0.29, 0.717) is 16.7 Å². The maximum Gasteiger partial charge on any atom is 0.255 e. The van der Waals surface area contributed by atoms with Crippen molar-refractivity contribution in [1.29, 1.82) is 0 Å². The van der Waals surface area contributed by atoms with E-state index >= 15 is 0 Å². The molecule has 0 aliphatic rings. The maximum absolute atomic E-state index is 12.4. The lowest BCUT2D eigenvalue weighted by molar-refractivity contribution is 0.102. The average Bonchev–Trinajstić information content (AvgIpc) is 2.96. The maximum atomic E-state index is 12.4. The number of hydrogen-bond acceptors (Lipinski definition) is 3. The minimum Gasteiger partial charge on any atom is -0.443 e. The van der Waals surface area contributed by atoms with Crippen molar-refractivity contribution in [3.63, 3.8) is 0 Å². The van der Waals surface area contributed by atoms with Crippen molar-refractivity contribution in [2.24, 2.45) is 0 Å². The normalized spacial score (nSPS) is 10.8. The second-order valence-corrected chi connectivity index (χ2v) is 4.95. The number of para-hydroxylation sites is 1. The first kappa shape index (κ1) is 13.4. The first-order valence-corrected chi connectivity index (χ1v) is 6.92. The third-order valence-corrected chi connectivity index (χ3v) is 3.57. The smallest absolute Gasteiger partial charge is 0.255 e. The van der Waals surface area contributed by atoms with Crippen LogP contribution in [0.25, 0.3) is 11.1 Å². The van der Waals surface area contributed by atoms with Crippen LogP contribution in [0.5, 0.6) is 0 Å². The summed E-state index contributed by atoms with van der Waals surface area (Å²) in [5.74, 6) is -0.135. The number of amides is 1. The zero-order valence-corrected chi connectivity index (χ0v) is 12.0. The molecule has 0 unspecified atom stereocenters. The minimum atomic E-state index is -0.135. The van der Waals surface area contributed by atoms with Crippen molar-refractivity contribution < 1.29 is 9.21 Å². The summed E-state index contributed by atoms with van der Waals surface area (Å²) in [6.45, 7) is 4.07. The molecule has 106 valence electrons. The van der Waals surface area contributed by atoms with Crippen LogP contribution >= 0.6 is 0 Å². The molecule has 4 heteroatoms. The highest BCUT2D eigenvalue weighted by molar-refractivity contribution is 6.06. The third-order valence-electron chi connectivity index (χ3n) is 3.57. The van der Waals surface area contributed by atoms with E-state index in [1.54, 1.807) is 18.2 Å². The molecule has 0 spiro atoms. The Bertz CT molecular complexity index is 805. The summed E-state index contributed by atoms with van der Waals surface area (Å²) in [5.41, 5.74) is 5.02. The number of benzene rings is 2. The van der Waals surface area contributed by atoms with Crippen molar-refractivity contribution in [3.8, 4) is 0 Å². The molecular formula is C17H16N2O2. The van der Waals surface area contributed by atoms with Crippen molar-refractivity contribution >= 4 is 22.7 Å². The summed E-state index contributed by atoms with van der Waals surface area (Å²) < 4.78 is 5.18. The number of anilines is 1. The molecule has 1 N–H and O–H groups in total. The van der Waals surface area contributed by atoms with Gasteiger partial charge in [-0.25, -0.2) is 4.98 Å². The first-order chi connectivity index (χ1) is 10.2. The zero-order valence-electron chi connectivity index (χ0n) is 12.0. The molecule has 4 nitrogen and oxygen atoms in total. The molecule has 0 radical (unpaired) electrons. The van der Waals surface area contributed by atoms with E-state index in [4.69, 9.17) is 4.42 Å². The van der Waals surface area contributed by atoms with Gasteiger partial charge in [-0.2, -0.15) is 0 Å². The molecular weight excluding hydrogens is 264 g/mol. The van der Waals surface area contributed by atoms with E-state index in [1.165, 1.54) is 6.39 Å². The van der Waals surface area contributed by atoms with Crippen molar-refractivity contribution in [1.82, 2.24) is 4.98 Å². The summed E-state index contributed by atoms with van der Waals surface area (Å²) in [6.07, 6.45) is 2.25. The van der Waals surface area contributed by atoms with Crippen molar-refractivity contribution in [2.75, 3.05) is 5.32 Å². The number of oxazole rings is 1. The molecule has 1 heterocycles. The number of nitrogens with one attached hydrogen (secondary N) is 1. The van der Waals surface area contributed by atoms with Crippen LogP contribution in [0, 0.1) is 6.92 Å². The molecule has 3 rings (SSSR count). The molecule has 21 heavy (non-hydrogen) atoms. The number of carbonyl (C=O) groups is 1. The van der Waals surface area contributed by atoms with Crippen LogP contribution in [-0.2, 0) is 6.42 Å². The van der Waals surface area contributed by atoms with Gasteiger partial charge < -0.3 is 9.73 Å². The molecule has 0 aliphatic heterocycles. The van der Waals surface area contributed by atoms with Gasteiger partial charge >= 0.3 is 0 Å². The van der Waals surface area contributed by atoms with Gasteiger partial charge in [0.05, 0.1) is 0 Å². The molecule has 2 aromatic carbocycles. The lowest BCUT2D eigenvalue weighted by atomic mass is 10.1. The van der Waals surface area contributed by atoms with Crippen LogP contribution in [0.1, 0.15) is 28.4 Å². The molecule has 3 aromatic rings. The summed E-state index contributed by atoms with van der Waals surface area (Å²) in [7, 11) is 0.